The molecule has 9 heteroatoms. The van der Waals surface area contributed by atoms with Gasteiger partial charge in [0.05, 0.1) is 10.5 Å². The van der Waals surface area contributed by atoms with E-state index < -0.39 is 27.2 Å². The second kappa shape index (κ2) is 8.19. The lowest BCUT2D eigenvalue weighted by atomic mass is 9.85. The zero-order chi connectivity index (χ0) is 22.2. The summed E-state index contributed by atoms with van der Waals surface area (Å²) in [6.07, 6.45) is 0.400. The van der Waals surface area contributed by atoms with Crippen LogP contribution >= 0.6 is 11.6 Å². The minimum absolute atomic E-state index is 0.146. The van der Waals surface area contributed by atoms with E-state index in [1.54, 1.807) is 24.3 Å². The van der Waals surface area contributed by atoms with Crippen molar-refractivity contribution in [3.8, 4) is 5.75 Å². The lowest BCUT2D eigenvalue weighted by Crippen LogP contribution is -2.45. The lowest BCUT2D eigenvalue weighted by molar-refractivity contribution is -0.152. The Morgan fingerprint density at radius 1 is 1.13 bits per heavy atom. The molecule has 0 aromatic heterocycles. The van der Waals surface area contributed by atoms with E-state index in [-0.39, 0.29) is 30.8 Å². The van der Waals surface area contributed by atoms with Crippen LogP contribution in [0.4, 0.5) is 0 Å². The highest BCUT2D eigenvalue weighted by Crippen LogP contribution is 2.36. The van der Waals surface area contributed by atoms with Crippen LogP contribution in [-0.4, -0.2) is 47.6 Å². The fourth-order valence-corrected chi connectivity index (χ4v) is 4.90. The summed E-state index contributed by atoms with van der Waals surface area (Å²) in [5.41, 5.74) is -2.10. The average molecular weight is 454 g/mol. The van der Waals surface area contributed by atoms with Crippen molar-refractivity contribution in [3.63, 3.8) is 0 Å². The molecule has 30 heavy (non-hydrogen) atoms. The zero-order valence-electron chi connectivity index (χ0n) is 16.7. The van der Waals surface area contributed by atoms with Gasteiger partial charge in [-0.05, 0) is 68.7 Å². The summed E-state index contributed by atoms with van der Waals surface area (Å²) in [7, 11) is -3.68. The van der Waals surface area contributed by atoms with Gasteiger partial charge in [-0.2, -0.15) is 4.31 Å². The molecule has 162 valence electrons. The van der Waals surface area contributed by atoms with Crippen molar-refractivity contribution in [2.75, 3.05) is 13.1 Å². The molecule has 1 heterocycles. The van der Waals surface area contributed by atoms with E-state index in [1.807, 2.05) is 0 Å². The number of aliphatic carboxylic acids is 1. The summed E-state index contributed by atoms with van der Waals surface area (Å²) in [6, 6.07) is 12.6. The number of carboxylic acid groups (broad SMARTS) is 1. The molecule has 0 bridgehead atoms. The molecule has 0 radical (unpaired) electrons. The van der Waals surface area contributed by atoms with Crippen LogP contribution in [0.25, 0.3) is 0 Å². The van der Waals surface area contributed by atoms with Gasteiger partial charge in [0, 0.05) is 18.1 Å². The van der Waals surface area contributed by atoms with Crippen LogP contribution in [0.15, 0.2) is 53.4 Å². The van der Waals surface area contributed by atoms with Crippen molar-refractivity contribution in [1.82, 2.24) is 4.31 Å². The second-order valence-electron chi connectivity index (χ2n) is 7.83. The Kier molecular flexibility index (Phi) is 6.15. The van der Waals surface area contributed by atoms with Gasteiger partial charge in [-0.25, -0.2) is 13.2 Å². The topological polar surface area (TPSA) is 104 Å². The molecular formula is C21H24ClNO6S. The number of hydrogen-bond donors (Lipinski definition) is 2. The van der Waals surface area contributed by atoms with Crippen LogP contribution in [0.5, 0.6) is 5.75 Å². The third kappa shape index (κ3) is 4.62. The Balaban J connectivity index is 1.75. The van der Waals surface area contributed by atoms with Crippen LogP contribution in [0.1, 0.15) is 32.3 Å². The van der Waals surface area contributed by atoms with E-state index in [1.165, 1.54) is 42.4 Å². The second-order valence-corrected chi connectivity index (χ2v) is 10.2. The van der Waals surface area contributed by atoms with Gasteiger partial charge in [-0.3, -0.25) is 0 Å². The maximum atomic E-state index is 12.8. The SMILES string of the molecule is CC(C)(Oc1cccc(C2(O)CCN(S(=O)(=O)c3ccc(Cl)cc3)CC2)c1)C(=O)O. The molecule has 2 N–H and O–H groups in total. The summed E-state index contributed by atoms with van der Waals surface area (Å²) in [6.45, 7) is 3.17. The Labute approximate surface area is 180 Å². The van der Waals surface area contributed by atoms with E-state index in [0.29, 0.717) is 16.3 Å². The summed E-state index contributed by atoms with van der Waals surface area (Å²) >= 11 is 5.84. The number of carboxylic acids is 1. The number of hydrogen-bond acceptors (Lipinski definition) is 5. The van der Waals surface area contributed by atoms with Gasteiger partial charge >= 0.3 is 5.97 Å². The van der Waals surface area contributed by atoms with E-state index in [4.69, 9.17) is 16.3 Å². The molecule has 3 rings (SSSR count). The van der Waals surface area contributed by atoms with Gasteiger partial charge in [0.1, 0.15) is 5.75 Å². The molecule has 2 aromatic carbocycles. The molecule has 1 saturated heterocycles. The fourth-order valence-electron chi connectivity index (χ4n) is 3.33. The minimum Gasteiger partial charge on any atom is -0.478 e. The number of sulfonamides is 1. The molecular weight excluding hydrogens is 430 g/mol. The normalized spacial score (nSPS) is 17.5. The molecule has 0 saturated carbocycles. The van der Waals surface area contributed by atoms with E-state index in [0.717, 1.165) is 0 Å². The highest BCUT2D eigenvalue weighted by molar-refractivity contribution is 7.89. The summed E-state index contributed by atoms with van der Waals surface area (Å²) in [5.74, 6) is -0.781. The number of piperidine rings is 1. The predicted molar refractivity (Wildman–Crippen MR) is 112 cm³/mol. The number of ether oxygens (including phenoxy) is 1. The first-order chi connectivity index (χ1) is 13.9. The maximum absolute atomic E-state index is 12.8. The van der Waals surface area contributed by atoms with Crippen LogP contribution in [0.3, 0.4) is 0 Å². The first-order valence-corrected chi connectivity index (χ1v) is 11.3. The molecule has 1 fully saturated rings. The number of nitrogens with zero attached hydrogens (tertiary/aromatic N) is 1. The molecule has 0 unspecified atom stereocenters. The average Bonchev–Trinajstić information content (AvgIpc) is 2.68. The Bertz CT molecular complexity index is 1030. The van der Waals surface area contributed by atoms with E-state index in [2.05, 4.69) is 0 Å². The van der Waals surface area contributed by atoms with Crippen molar-refractivity contribution in [3.05, 3.63) is 59.1 Å². The molecule has 0 atom stereocenters. The number of carbonyl (C=O) groups is 1. The molecule has 2 aromatic rings. The van der Waals surface area contributed by atoms with Crippen LogP contribution in [0, 0.1) is 0 Å². The summed E-state index contributed by atoms with van der Waals surface area (Å²) < 4.78 is 32.6. The lowest BCUT2D eigenvalue weighted by Gasteiger charge is -2.38. The van der Waals surface area contributed by atoms with Crippen LogP contribution in [0.2, 0.25) is 5.02 Å². The monoisotopic (exact) mass is 453 g/mol. The smallest absolute Gasteiger partial charge is 0.347 e. The van der Waals surface area contributed by atoms with Crippen molar-refractivity contribution in [2.24, 2.45) is 0 Å². The van der Waals surface area contributed by atoms with Crippen molar-refractivity contribution < 1.29 is 28.2 Å². The van der Waals surface area contributed by atoms with E-state index >= 15 is 0 Å². The van der Waals surface area contributed by atoms with Crippen LogP contribution < -0.4 is 4.74 Å². The van der Waals surface area contributed by atoms with Gasteiger partial charge in [0.25, 0.3) is 0 Å². The summed E-state index contributed by atoms with van der Waals surface area (Å²) in [5, 5.41) is 20.8. The van der Waals surface area contributed by atoms with E-state index in [9.17, 15) is 23.4 Å². The third-order valence-electron chi connectivity index (χ3n) is 5.26. The molecule has 7 nitrogen and oxygen atoms in total. The fraction of sp³-hybridized carbons (Fsp3) is 0.381. The number of benzene rings is 2. The third-order valence-corrected chi connectivity index (χ3v) is 7.43. The first kappa shape index (κ1) is 22.6. The minimum atomic E-state index is -3.68. The number of aliphatic hydroxyl groups is 1. The van der Waals surface area contributed by atoms with Gasteiger partial charge in [-0.1, -0.05) is 23.7 Å². The molecule has 1 aliphatic rings. The maximum Gasteiger partial charge on any atom is 0.347 e. The van der Waals surface area contributed by atoms with Crippen molar-refractivity contribution >= 4 is 27.6 Å². The van der Waals surface area contributed by atoms with Crippen LogP contribution in [-0.2, 0) is 20.4 Å². The van der Waals surface area contributed by atoms with Crippen molar-refractivity contribution in [1.29, 1.82) is 0 Å². The predicted octanol–water partition coefficient (Wildman–Crippen LogP) is 3.25. The Morgan fingerprint density at radius 2 is 1.73 bits per heavy atom. The molecule has 1 aliphatic heterocycles. The van der Waals surface area contributed by atoms with Gasteiger partial charge in [0.2, 0.25) is 10.0 Å². The standard InChI is InChI=1S/C21H24ClNO6S/c1-20(2,19(24)25)29-17-5-3-4-15(14-17)21(26)10-12-23(13-11-21)30(27,28)18-8-6-16(22)7-9-18/h3-9,14,26H,10-13H2,1-2H3,(H,24,25). The molecule has 0 amide bonds. The van der Waals surface area contributed by atoms with Gasteiger partial charge in [-0.15, -0.1) is 0 Å². The van der Waals surface area contributed by atoms with Crippen molar-refractivity contribution in [2.45, 2.75) is 42.8 Å². The number of halogens is 1. The highest BCUT2D eigenvalue weighted by Gasteiger charge is 2.39. The zero-order valence-corrected chi connectivity index (χ0v) is 18.3. The molecule has 0 spiro atoms. The quantitative estimate of drug-likeness (QED) is 0.695. The Hall–Kier alpha value is -2.13. The largest absolute Gasteiger partial charge is 0.478 e. The Morgan fingerprint density at radius 3 is 2.30 bits per heavy atom. The summed E-state index contributed by atoms with van der Waals surface area (Å²) in [4.78, 5) is 11.5. The number of rotatable bonds is 6. The molecule has 0 aliphatic carbocycles. The first-order valence-electron chi connectivity index (χ1n) is 9.45. The van der Waals surface area contributed by atoms with Gasteiger partial charge < -0.3 is 14.9 Å². The van der Waals surface area contributed by atoms with Gasteiger partial charge in [0.15, 0.2) is 5.60 Å². The highest BCUT2D eigenvalue weighted by atomic mass is 35.5.